The molecule has 1 heterocycles. The first-order valence-corrected chi connectivity index (χ1v) is 7.70. The Balaban J connectivity index is 2.00. The monoisotopic (exact) mass is 290 g/mol. The number of hydrogen-bond donors (Lipinski definition) is 1. The Hall–Kier alpha value is -1.39. The summed E-state index contributed by atoms with van der Waals surface area (Å²) in [6.45, 7) is 2.91. The summed E-state index contributed by atoms with van der Waals surface area (Å²) in [5.41, 5.74) is 0.955. The van der Waals surface area contributed by atoms with Crippen LogP contribution in [0.25, 0.3) is 0 Å². The third kappa shape index (κ3) is 3.83. The maximum atomic E-state index is 12.2. The van der Waals surface area contributed by atoms with Crippen LogP contribution >= 0.6 is 0 Å². The molecule has 21 heavy (non-hydrogen) atoms. The average Bonchev–Trinajstić information content (AvgIpc) is 2.94. The number of aliphatic hydroxyl groups is 1. The van der Waals surface area contributed by atoms with Gasteiger partial charge in [-0.05, 0) is 38.3 Å². The van der Waals surface area contributed by atoms with Crippen molar-refractivity contribution in [1.29, 1.82) is 0 Å². The molecule has 1 fully saturated rings. The number of amides is 1. The largest absolute Gasteiger partial charge is 0.388 e. The summed E-state index contributed by atoms with van der Waals surface area (Å²) in [6, 6.07) is 9.92. The van der Waals surface area contributed by atoms with Gasteiger partial charge in [0.1, 0.15) is 0 Å². The number of hydrogen-bond acceptors (Lipinski definition) is 3. The molecule has 1 N–H and O–H groups in total. The summed E-state index contributed by atoms with van der Waals surface area (Å²) in [5, 5.41) is 10.4. The number of carbonyl (C=O) groups is 1. The highest BCUT2D eigenvalue weighted by molar-refractivity contribution is 5.81. The van der Waals surface area contributed by atoms with Gasteiger partial charge in [-0.3, -0.25) is 9.69 Å². The molecule has 116 valence electrons. The highest BCUT2D eigenvalue weighted by atomic mass is 16.3. The van der Waals surface area contributed by atoms with Crippen LogP contribution in [0.3, 0.4) is 0 Å². The van der Waals surface area contributed by atoms with E-state index in [1.807, 2.05) is 37.3 Å². The van der Waals surface area contributed by atoms with Crippen LogP contribution < -0.4 is 0 Å². The second-order valence-electron chi connectivity index (χ2n) is 6.10. The van der Waals surface area contributed by atoms with E-state index in [2.05, 4.69) is 4.90 Å². The summed E-state index contributed by atoms with van der Waals surface area (Å²) in [7, 11) is 3.59. The maximum absolute atomic E-state index is 12.2. The molecular formula is C17H26N2O2. The van der Waals surface area contributed by atoms with Gasteiger partial charge in [-0.1, -0.05) is 30.3 Å². The Morgan fingerprint density at radius 3 is 2.67 bits per heavy atom. The predicted octanol–water partition coefficient (Wildman–Crippen LogP) is 2.05. The number of nitrogens with zero attached hydrogens (tertiary/aromatic N) is 2. The molecule has 0 radical (unpaired) electrons. The molecule has 1 aliphatic heterocycles. The van der Waals surface area contributed by atoms with Crippen molar-refractivity contribution < 1.29 is 9.90 Å². The fourth-order valence-corrected chi connectivity index (χ4v) is 3.21. The molecule has 4 nitrogen and oxygen atoms in total. The lowest BCUT2D eigenvalue weighted by Crippen LogP contribution is -2.47. The number of benzene rings is 1. The van der Waals surface area contributed by atoms with Crippen molar-refractivity contribution in [3.05, 3.63) is 35.9 Å². The van der Waals surface area contributed by atoms with E-state index in [4.69, 9.17) is 0 Å². The van der Waals surface area contributed by atoms with Crippen LogP contribution in [-0.2, 0) is 4.79 Å². The van der Waals surface area contributed by atoms with Gasteiger partial charge >= 0.3 is 0 Å². The van der Waals surface area contributed by atoms with E-state index in [1.54, 1.807) is 19.0 Å². The third-order valence-corrected chi connectivity index (χ3v) is 4.40. The standard InChI is InChI=1S/C17H26N2O2/c1-13(17(21)18(2)3)19-11-7-10-15(19)12-16(20)14-8-5-4-6-9-14/h4-6,8-9,13,15-16,20H,7,10-12H2,1-3H3. The minimum atomic E-state index is -0.460. The molecule has 0 saturated carbocycles. The predicted molar refractivity (Wildman–Crippen MR) is 83.9 cm³/mol. The average molecular weight is 290 g/mol. The SMILES string of the molecule is CC(C(=O)N(C)C)N1CCCC1CC(O)c1ccccc1. The first-order chi connectivity index (χ1) is 10.0. The van der Waals surface area contributed by atoms with Gasteiger partial charge in [0, 0.05) is 20.1 Å². The Labute approximate surface area is 127 Å². The summed E-state index contributed by atoms with van der Waals surface area (Å²) >= 11 is 0. The molecule has 1 aliphatic rings. The molecule has 1 aromatic rings. The van der Waals surface area contributed by atoms with Gasteiger partial charge in [-0.15, -0.1) is 0 Å². The fourth-order valence-electron chi connectivity index (χ4n) is 3.21. The quantitative estimate of drug-likeness (QED) is 0.902. The number of aliphatic hydroxyl groups excluding tert-OH is 1. The molecule has 3 unspecified atom stereocenters. The van der Waals surface area contributed by atoms with Crippen LogP contribution in [0, 0.1) is 0 Å². The van der Waals surface area contributed by atoms with Gasteiger partial charge < -0.3 is 10.0 Å². The zero-order valence-corrected chi connectivity index (χ0v) is 13.2. The second kappa shape index (κ2) is 7.05. The summed E-state index contributed by atoms with van der Waals surface area (Å²) in [4.78, 5) is 16.0. The molecule has 1 saturated heterocycles. The normalized spacial score (nSPS) is 22.0. The summed E-state index contributed by atoms with van der Waals surface area (Å²) < 4.78 is 0. The van der Waals surface area contributed by atoms with E-state index in [1.165, 1.54) is 0 Å². The highest BCUT2D eigenvalue weighted by Crippen LogP contribution is 2.29. The lowest BCUT2D eigenvalue weighted by Gasteiger charge is -2.32. The second-order valence-corrected chi connectivity index (χ2v) is 6.10. The molecule has 4 heteroatoms. The van der Waals surface area contributed by atoms with Gasteiger partial charge in [0.05, 0.1) is 12.1 Å². The Morgan fingerprint density at radius 2 is 2.05 bits per heavy atom. The van der Waals surface area contributed by atoms with Crippen molar-refractivity contribution in [3.8, 4) is 0 Å². The first-order valence-electron chi connectivity index (χ1n) is 7.70. The minimum Gasteiger partial charge on any atom is -0.388 e. The number of likely N-dealkylation sites (tertiary alicyclic amines) is 1. The Kier molecular flexibility index (Phi) is 5.37. The van der Waals surface area contributed by atoms with E-state index in [0.717, 1.165) is 24.9 Å². The van der Waals surface area contributed by atoms with Crippen molar-refractivity contribution >= 4 is 5.91 Å². The van der Waals surface area contributed by atoms with Crippen LogP contribution in [0.15, 0.2) is 30.3 Å². The molecule has 0 aromatic heterocycles. The molecule has 0 aliphatic carbocycles. The van der Waals surface area contributed by atoms with E-state index < -0.39 is 6.10 Å². The van der Waals surface area contributed by atoms with Crippen molar-refractivity contribution in [1.82, 2.24) is 9.80 Å². The van der Waals surface area contributed by atoms with Crippen molar-refractivity contribution in [2.75, 3.05) is 20.6 Å². The molecule has 0 bridgehead atoms. The van der Waals surface area contributed by atoms with E-state index in [9.17, 15) is 9.90 Å². The number of likely N-dealkylation sites (N-methyl/N-ethyl adjacent to an activating group) is 1. The maximum Gasteiger partial charge on any atom is 0.239 e. The zero-order valence-electron chi connectivity index (χ0n) is 13.2. The molecule has 1 aromatic carbocycles. The van der Waals surface area contributed by atoms with Crippen LogP contribution in [0.2, 0.25) is 0 Å². The van der Waals surface area contributed by atoms with Gasteiger partial charge in [-0.25, -0.2) is 0 Å². The van der Waals surface area contributed by atoms with Gasteiger partial charge in [-0.2, -0.15) is 0 Å². The summed E-state index contributed by atoms with van der Waals surface area (Å²) in [6.07, 6.45) is 2.37. The smallest absolute Gasteiger partial charge is 0.239 e. The highest BCUT2D eigenvalue weighted by Gasteiger charge is 2.33. The summed E-state index contributed by atoms with van der Waals surface area (Å²) in [5.74, 6) is 0.135. The molecule has 1 amide bonds. The van der Waals surface area contributed by atoms with Crippen LogP contribution in [0.4, 0.5) is 0 Å². The van der Waals surface area contributed by atoms with Gasteiger partial charge in [0.25, 0.3) is 0 Å². The van der Waals surface area contributed by atoms with E-state index >= 15 is 0 Å². The topological polar surface area (TPSA) is 43.8 Å². The van der Waals surface area contributed by atoms with E-state index in [-0.39, 0.29) is 18.0 Å². The van der Waals surface area contributed by atoms with Crippen LogP contribution in [0.1, 0.15) is 37.9 Å². The number of carbonyl (C=O) groups excluding carboxylic acids is 1. The molecule has 3 atom stereocenters. The van der Waals surface area contributed by atoms with Crippen molar-refractivity contribution in [3.63, 3.8) is 0 Å². The van der Waals surface area contributed by atoms with E-state index in [0.29, 0.717) is 6.42 Å². The minimum absolute atomic E-state index is 0.115. The lowest BCUT2D eigenvalue weighted by atomic mass is 10.00. The molecule has 0 spiro atoms. The Bertz CT molecular complexity index is 461. The zero-order chi connectivity index (χ0) is 15.4. The molecular weight excluding hydrogens is 264 g/mol. The third-order valence-electron chi connectivity index (χ3n) is 4.40. The number of rotatable bonds is 5. The van der Waals surface area contributed by atoms with Gasteiger partial charge in [0.2, 0.25) is 5.91 Å². The van der Waals surface area contributed by atoms with Crippen LogP contribution in [-0.4, -0.2) is 53.5 Å². The van der Waals surface area contributed by atoms with Crippen LogP contribution in [0.5, 0.6) is 0 Å². The van der Waals surface area contributed by atoms with Crippen molar-refractivity contribution in [2.45, 2.75) is 44.4 Å². The Morgan fingerprint density at radius 1 is 1.38 bits per heavy atom. The lowest BCUT2D eigenvalue weighted by molar-refractivity contribution is -0.134. The molecule has 2 rings (SSSR count). The van der Waals surface area contributed by atoms with Crippen molar-refractivity contribution in [2.24, 2.45) is 0 Å². The van der Waals surface area contributed by atoms with Gasteiger partial charge in [0.15, 0.2) is 0 Å². The fraction of sp³-hybridized carbons (Fsp3) is 0.588. The first kappa shape index (κ1) is 16.0.